The molecule has 1 aliphatic rings. The van der Waals surface area contributed by atoms with E-state index in [1.807, 2.05) is 0 Å². The minimum Gasteiger partial charge on any atom is -0.486 e. The number of aromatic nitrogens is 1. The molecule has 1 aliphatic heterocycles. The van der Waals surface area contributed by atoms with Gasteiger partial charge in [-0.15, -0.1) is 0 Å². The molecule has 0 unspecified atom stereocenters. The minimum atomic E-state index is -0.586. The normalized spacial score (nSPS) is 15.3. The van der Waals surface area contributed by atoms with Crippen LogP contribution in [-0.4, -0.2) is 36.2 Å². The van der Waals surface area contributed by atoms with Crippen LogP contribution in [-0.2, 0) is 11.3 Å². The molecule has 3 aromatic rings. The Kier molecular flexibility index (Phi) is 6.76. The van der Waals surface area contributed by atoms with Crippen molar-refractivity contribution in [2.75, 3.05) is 18.5 Å². The van der Waals surface area contributed by atoms with Crippen LogP contribution in [0.5, 0.6) is 5.75 Å². The molecule has 0 saturated carbocycles. The van der Waals surface area contributed by atoms with E-state index in [1.54, 1.807) is 30.3 Å². The zero-order chi connectivity index (χ0) is 22.3. The van der Waals surface area contributed by atoms with E-state index in [4.69, 9.17) is 14.0 Å². The highest BCUT2D eigenvalue weighted by atomic mass is 19.1. The van der Waals surface area contributed by atoms with Crippen LogP contribution < -0.4 is 15.4 Å². The van der Waals surface area contributed by atoms with Crippen LogP contribution >= 0.6 is 0 Å². The third-order valence-electron chi connectivity index (χ3n) is 4.92. The second-order valence-corrected chi connectivity index (χ2v) is 7.27. The summed E-state index contributed by atoms with van der Waals surface area (Å²) in [7, 11) is 0. The van der Waals surface area contributed by atoms with E-state index < -0.39 is 11.7 Å². The number of rotatable bonds is 8. The van der Waals surface area contributed by atoms with E-state index in [0.29, 0.717) is 23.7 Å². The predicted octanol–water partition coefficient (Wildman–Crippen LogP) is 3.55. The number of nitrogens with zero attached hydrogens (tertiary/aromatic N) is 1. The van der Waals surface area contributed by atoms with Crippen LogP contribution in [0.1, 0.15) is 39.4 Å². The number of anilines is 1. The number of amides is 2. The summed E-state index contributed by atoms with van der Waals surface area (Å²) in [5.74, 6) is -0.537. The van der Waals surface area contributed by atoms with Gasteiger partial charge in [0.15, 0.2) is 11.5 Å². The van der Waals surface area contributed by atoms with Gasteiger partial charge in [-0.25, -0.2) is 4.39 Å². The molecule has 32 heavy (non-hydrogen) atoms. The van der Waals surface area contributed by atoms with Crippen LogP contribution in [0.25, 0.3) is 0 Å². The van der Waals surface area contributed by atoms with Crippen LogP contribution in [0.3, 0.4) is 0 Å². The third kappa shape index (κ3) is 5.50. The topological polar surface area (TPSA) is 103 Å². The fourth-order valence-electron chi connectivity index (χ4n) is 3.22. The summed E-state index contributed by atoms with van der Waals surface area (Å²) in [6.07, 6.45) is 1.99. The van der Waals surface area contributed by atoms with Crippen molar-refractivity contribution in [3.63, 3.8) is 0 Å². The number of nitrogens with one attached hydrogen (secondary N) is 2. The Hall–Kier alpha value is -3.72. The van der Waals surface area contributed by atoms with Gasteiger partial charge in [-0.1, -0.05) is 17.3 Å². The van der Waals surface area contributed by atoms with Crippen molar-refractivity contribution in [1.82, 2.24) is 10.5 Å². The van der Waals surface area contributed by atoms with Crippen LogP contribution in [0, 0.1) is 5.82 Å². The van der Waals surface area contributed by atoms with Crippen molar-refractivity contribution < 1.29 is 28.0 Å². The highest BCUT2D eigenvalue weighted by molar-refractivity contribution is 6.04. The maximum atomic E-state index is 13.7. The second-order valence-electron chi connectivity index (χ2n) is 7.27. The average Bonchev–Trinajstić information content (AvgIpc) is 3.49. The van der Waals surface area contributed by atoms with Gasteiger partial charge < -0.3 is 24.6 Å². The van der Waals surface area contributed by atoms with Crippen LogP contribution in [0.4, 0.5) is 10.1 Å². The monoisotopic (exact) mass is 439 g/mol. The lowest BCUT2D eigenvalue weighted by Gasteiger charge is -2.09. The number of hydrogen-bond donors (Lipinski definition) is 2. The Morgan fingerprint density at radius 1 is 1.12 bits per heavy atom. The highest BCUT2D eigenvalue weighted by Crippen LogP contribution is 2.19. The van der Waals surface area contributed by atoms with E-state index in [2.05, 4.69) is 15.8 Å². The van der Waals surface area contributed by atoms with Crippen molar-refractivity contribution in [1.29, 1.82) is 0 Å². The molecule has 1 atom stereocenters. The van der Waals surface area contributed by atoms with Crippen LogP contribution in [0.15, 0.2) is 59.1 Å². The summed E-state index contributed by atoms with van der Waals surface area (Å²) in [6, 6.07) is 13.9. The molecule has 2 amide bonds. The molecule has 2 N–H and O–H groups in total. The Morgan fingerprint density at radius 2 is 1.94 bits per heavy atom. The van der Waals surface area contributed by atoms with Gasteiger partial charge in [-0.2, -0.15) is 0 Å². The zero-order valence-corrected chi connectivity index (χ0v) is 17.2. The average molecular weight is 439 g/mol. The SMILES string of the molecule is O=C(NC[C@H]1CCCO1)c1cc(COc2ccc(NC(=O)c3ccccc3F)cc2)on1. The molecule has 166 valence electrons. The quantitative estimate of drug-likeness (QED) is 0.557. The summed E-state index contributed by atoms with van der Waals surface area (Å²) in [5.41, 5.74) is 0.636. The molecule has 4 rings (SSSR count). The Morgan fingerprint density at radius 3 is 2.69 bits per heavy atom. The number of ether oxygens (including phenoxy) is 2. The molecular weight excluding hydrogens is 417 g/mol. The molecule has 0 bridgehead atoms. The maximum absolute atomic E-state index is 13.7. The lowest BCUT2D eigenvalue weighted by molar-refractivity contribution is 0.0850. The Labute approximate surface area is 183 Å². The standard InChI is InChI=1S/C23H22FN3O5/c24-20-6-2-1-5-19(20)22(28)26-15-7-9-16(10-8-15)31-14-18-12-21(27-32-18)23(29)25-13-17-4-3-11-30-17/h1-2,5-10,12,17H,3-4,11,13-14H2,(H,25,29)(H,26,28)/t17-/m1/s1. The van der Waals surface area contributed by atoms with Gasteiger partial charge in [0.1, 0.15) is 18.2 Å². The van der Waals surface area contributed by atoms with Crippen molar-refractivity contribution in [2.24, 2.45) is 0 Å². The minimum absolute atomic E-state index is 0.0336. The van der Waals surface area contributed by atoms with Crippen molar-refractivity contribution in [3.8, 4) is 5.75 Å². The van der Waals surface area contributed by atoms with Crippen molar-refractivity contribution >= 4 is 17.5 Å². The van der Waals surface area contributed by atoms with Gasteiger partial charge in [0, 0.05) is 24.9 Å². The first-order valence-electron chi connectivity index (χ1n) is 10.2. The van der Waals surface area contributed by atoms with Gasteiger partial charge in [0.05, 0.1) is 11.7 Å². The largest absolute Gasteiger partial charge is 0.486 e. The van der Waals surface area contributed by atoms with E-state index >= 15 is 0 Å². The molecule has 0 radical (unpaired) electrons. The first kappa shape index (κ1) is 21.5. The summed E-state index contributed by atoms with van der Waals surface area (Å²) in [4.78, 5) is 24.3. The molecule has 2 aromatic carbocycles. The van der Waals surface area contributed by atoms with E-state index in [-0.39, 0.29) is 29.9 Å². The molecular formula is C23H22FN3O5. The van der Waals surface area contributed by atoms with Gasteiger partial charge in [-0.05, 0) is 49.2 Å². The maximum Gasteiger partial charge on any atom is 0.273 e. The third-order valence-corrected chi connectivity index (χ3v) is 4.92. The number of carbonyl (C=O) groups excluding carboxylic acids is 2. The molecule has 1 aromatic heterocycles. The van der Waals surface area contributed by atoms with Crippen molar-refractivity contribution in [2.45, 2.75) is 25.6 Å². The molecule has 1 saturated heterocycles. The summed E-state index contributed by atoms with van der Waals surface area (Å²) < 4.78 is 30.0. The fourth-order valence-corrected chi connectivity index (χ4v) is 3.22. The molecule has 1 fully saturated rings. The summed E-state index contributed by atoms with van der Waals surface area (Å²) >= 11 is 0. The van der Waals surface area contributed by atoms with E-state index in [0.717, 1.165) is 19.4 Å². The highest BCUT2D eigenvalue weighted by Gasteiger charge is 2.18. The number of benzene rings is 2. The van der Waals surface area contributed by atoms with E-state index in [1.165, 1.54) is 24.3 Å². The van der Waals surface area contributed by atoms with E-state index in [9.17, 15) is 14.0 Å². The van der Waals surface area contributed by atoms with Gasteiger partial charge >= 0.3 is 0 Å². The molecule has 0 spiro atoms. The Bertz CT molecular complexity index is 1080. The molecule has 2 heterocycles. The fraction of sp³-hybridized carbons (Fsp3) is 0.261. The smallest absolute Gasteiger partial charge is 0.273 e. The first-order valence-corrected chi connectivity index (χ1v) is 10.2. The lowest BCUT2D eigenvalue weighted by atomic mass is 10.2. The van der Waals surface area contributed by atoms with Gasteiger partial charge in [-0.3, -0.25) is 9.59 Å². The van der Waals surface area contributed by atoms with Gasteiger partial charge in [0.25, 0.3) is 11.8 Å². The lowest BCUT2D eigenvalue weighted by Crippen LogP contribution is -2.31. The predicted molar refractivity (Wildman–Crippen MR) is 113 cm³/mol. The molecule has 8 nitrogen and oxygen atoms in total. The molecule has 9 heteroatoms. The molecule has 0 aliphatic carbocycles. The van der Waals surface area contributed by atoms with Gasteiger partial charge in [0.2, 0.25) is 0 Å². The number of halogens is 1. The summed E-state index contributed by atoms with van der Waals surface area (Å²) in [6.45, 7) is 1.25. The summed E-state index contributed by atoms with van der Waals surface area (Å²) in [5, 5.41) is 9.18. The zero-order valence-electron chi connectivity index (χ0n) is 17.2. The van der Waals surface area contributed by atoms with Crippen molar-refractivity contribution in [3.05, 3.63) is 77.4 Å². The number of hydrogen-bond acceptors (Lipinski definition) is 6. The Balaban J connectivity index is 1.26. The second kappa shape index (κ2) is 10.1. The number of carbonyl (C=O) groups is 2. The first-order chi connectivity index (χ1) is 15.6. The van der Waals surface area contributed by atoms with Crippen LogP contribution in [0.2, 0.25) is 0 Å².